The average Bonchev–Trinajstić information content (AvgIpc) is 2.51. The van der Waals surface area contributed by atoms with E-state index in [-0.39, 0.29) is 34.9 Å². The van der Waals surface area contributed by atoms with Gasteiger partial charge in [-0.25, -0.2) is 0 Å². The molecule has 0 amide bonds. The SMILES string of the molecule is [I-].c1ccc([S+](c2ccccc2)c2ccccc2)cc1. The summed E-state index contributed by atoms with van der Waals surface area (Å²) in [6, 6.07) is 32.2. The first-order valence-corrected chi connectivity index (χ1v) is 7.57. The van der Waals surface area contributed by atoms with E-state index >= 15 is 0 Å². The van der Waals surface area contributed by atoms with Crippen molar-refractivity contribution in [3.8, 4) is 0 Å². The molecule has 100 valence electrons. The maximum absolute atomic E-state index is 2.21. The van der Waals surface area contributed by atoms with Crippen molar-refractivity contribution in [2.75, 3.05) is 0 Å². The smallest absolute Gasteiger partial charge is 0.166 e. The second-order valence-electron chi connectivity index (χ2n) is 4.25. The van der Waals surface area contributed by atoms with Crippen molar-refractivity contribution in [2.45, 2.75) is 14.7 Å². The fourth-order valence-corrected chi connectivity index (χ4v) is 4.18. The van der Waals surface area contributed by atoms with Gasteiger partial charge in [0.1, 0.15) is 0 Å². The average molecular weight is 390 g/mol. The van der Waals surface area contributed by atoms with Gasteiger partial charge in [0.15, 0.2) is 14.7 Å². The summed E-state index contributed by atoms with van der Waals surface area (Å²) in [5.74, 6) is 0. The quantitative estimate of drug-likeness (QED) is 0.473. The molecule has 0 bridgehead atoms. The van der Waals surface area contributed by atoms with E-state index in [0.29, 0.717) is 0 Å². The van der Waals surface area contributed by atoms with Gasteiger partial charge >= 0.3 is 0 Å². The van der Waals surface area contributed by atoms with E-state index in [1.165, 1.54) is 14.7 Å². The Bertz CT molecular complexity index is 529. The molecule has 0 aliphatic rings. The molecule has 0 saturated heterocycles. The van der Waals surface area contributed by atoms with Crippen LogP contribution in [0.3, 0.4) is 0 Å². The molecule has 3 aromatic carbocycles. The van der Waals surface area contributed by atoms with E-state index in [4.69, 9.17) is 0 Å². The molecule has 3 aromatic rings. The minimum Gasteiger partial charge on any atom is -1.00 e. The van der Waals surface area contributed by atoms with Crippen LogP contribution in [-0.2, 0) is 10.9 Å². The van der Waals surface area contributed by atoms with E-state index in [9.17, 15) is 0 Å². The van der Waals surface area contributed by atoms with Crippen molar-refractivity contribution in [1.29, 1.82) is 0 Å². The maximum atomic E-state index is 2.21. The molecule has 0 nitrogen and oxygen atoms in total. The van der Waals surface area contributed by atoms with Gasteiger partial charge in [-0.15, -0.1) is 0 Å². The van der Waals surface area contributed by atoms with Crippen LogP contribution in [0.1, 0.15) is 0 Å². The van der Waals surface area contributed by atoms with Gasteiger partial charge in [0.2, 0.25) is 0 Å². The Balaban J connectivity index is 0.00000147. The van der Waals surface area contributed by atoms with Crippen molar-refractivity contribution < 1.29 is 24.0 Å². The zero-order chi connectivity index (χ0) is 12.9. The van der Waals surface area contributed by atoms with Crippen molar-refractivity contribution in [3.05, 3.63) is 91.0 Å². The maximum Gasteiger partial charge on any atom is 0.166 e. The van der Waals surface area contributed by atoms with Gasteiger partial charge in [0.25, 0.3) is 0 Å². The Morgan fingerprint density at radius 2 is 0.650 bits per heavy atom. The molecule has 0 atom stereocenters. The number of rotatable bonds is 3. The molecule has 0 N–H and O–H groups in total. The normalized spacial score (nSPS) is 10.1. The largest absolute Gasteiger partial charge is 1.00 e. The van der Waals surface area contributed by atoms with Crippen molar-refractivity contribution in [1.82, 2.24) is 0 Å². The highest BCUT2D eigenvalue weighted by Crippen LogP contribution is 2.30. The van der Waals surface area contributed by atoms with Crippen molar-refractivity contribution in [3.63, 3.8) is 0 Å². The van der Waals surface area contributed by atoms with E-state index in [1.807, 2.05) is 0 Å². The summed E-state index contributed by atoms with van der Waals surface area (Å²) in [5, 5.41) is 0. The monoisotopic (exact) mass is 390 g/mol. The van der Waals surface area contributed by atoms with Gasteiger partial charge in [-0.05, 0) is 36.4 Å². The molecule has 2 heteroatoms. The number of hydrogen-bond acceptors (Lipinski definition) is 0. The first kappa shape index (κ1) is 15.1. The summed E-state index contributed by atoms with van der Waals surface area (Å²) in [4.78, 5) is 4.08. The Morgan fingerprint density at radius 3 is 0.900 bits per heavy atom. The molecule has 0 heterocycles. The van der Waals surface area contributed by atoms with Gasteiger partial charge in [-0.3, -0.25) is 0 Å². The Labute approximate surface area is 140 Å². The first-order valence-electron chi connectivity index (χ1n) is 6.34. The third kappa shape index (κ3) is 3.44. The summed E-state index contributed by atoms with van der Waals surface area (Å²) in [6.07, 6.45) is 0. The minimum atomic E-state index is -0.0146. The van der Waals surface area contributed by atoms with Crippen molar-refractivity contribution >= 4 is 10.9 Å². The Morgan fingerprint density at radius 1 is 0.400 bits per heavy atom. The molecule has 0 saturated carbocycles. The minimum absolute atomic E-state index is 0. The van der Waals surface area contributed by atoms with E-state index in [0.717, 1.165) is 0 Å². The number of hydrogen-bond donors (Lipinski definition) is 0. The predicted molar refractivity (Wildman–Crippen MR) is 81.5 cm³/mol. The van der Waals surface area contributed by atoms with Gasteiger partial charge < -0.3 is 24.0 Å². The van der Waals surface area contributed by atoms with Gasteiger partial charge in [-0.2, -0.15) is 0 Å². The lowest BCUT2D eigenvalue weighted by atomic mass is 10.4. The zero-order valence-electron chi connectivity index (χ0n) is 10.9. The summed E-state index contributed by atoms with van der Waals surface area (Å²) in [7, 11) is -0.0146. The Kier molecular flexibility index (Phi) is 5.68. The van der Waals surface area contributed by atoms with E-state index < -0.39 is 0 Å². The molecule has 0 aliphatic carbocycles. The summed E-state index contributed by atoms with van der Waals surface area (Å²) >= 11 is 0. The molecule has 20 heavy (non-hydrogen) atoms. The van der Waals surface area contributed by atoms with Crippen LogP contribution >= 0.6 is 0 Å². The lowest BCUT2D eigenvalue weighted by Gasteiger charge is -2.07. The molecule has 0 fully saturated rings. The van der Waals surface area contributed by atoms with Crippen molar-refractivity contribution in [2.24, 2.45) is 0 Å². The molecule has 0 unspecified atom stereocenters. The number of benzene rings is 3. The van der Waals surface area contributed by atoms with Crippen LogP contribution in [0, 0.1) is 0 Å². The highest BCUT2D eigenvalue weighted by Gasteiger charge is 2.27. The molecule has 0 radical (unpaired) electrons. The van der Waals surface area contributed by atoms with Crippen LogP contribution in [-0.4, -0.2) is 0 Å². The van der Waals surface area contributed by atoms with E-state index in [1.54, 1.807) is 0 Å². The predicted octanol–water partition coefficient (Wildman–Crippen LogP) is 1.79. The highest BCUT2D eigenvalue weighted by molar-refractivity contribution is 7.97. The third-order valence-corrected chi connectivity index (χ3v) is 5.17. The molecule has 0 spiro atoms. The van der Waals surface area contributed by atoms with Crippen LogP contribution < -0.4 is 24.0 Å². The van der Waals surface area contributed by atoms with Gasteiger partial charge in [0, 0.05) is 0 Å². The lowest BCUT2D eigenvalue weighted by molar-refractivity contribution is -0.00000371. The second kappa shape index (κ2) is 7.50. The van der Waals surface area contributed by atoms with Crippen LogP contribution in [0.2, 0.25) is 0 Å². The number of halogens is 1. The Hall–Kier alpha value is -1.26. The van der Waals surface area contributed by atoms with Crippen LogP contribution in [0.15, 0.2) is 106 Å². The topological polar surface area (TPSA) is 0 Å². The van der Waals surface area contributed by atoms with Crippen LogP contribution in [0.5, 0.6) is 0 Å². The summed E-state index contributed by atoms with van der Waals surface area (Å²) in [6.45, 7) is 0. The van der Waals surface area contributed by atoms with Gasteiger partial charge in [-0.1, -0.05) is 54.6 Å². The molecule has 0 aromatic heterocycles. The van der Waals surface area contributed by atoms with Crippen LogP contribution in [0.25, 0.3) is 0 Å². The fourth-order valence-electron chi connectivity index (χ4n) is 2.08. The van der Waals surface area contributed by atoms with E-state index in [2.05, 4.69) is 91.0 Å². The molecule has 3 rings (SSSR count). The molecular weight excluding hydrogens is 375 g/mol. The molecular formula is C18H15IS. The van der Waals surface area contributed by atoms with Crippen LogP contribution in [0.4, 0.5) is 0 Å². The molecule has 0 aliphatic heterocycles. The standard InChI is InChI=1S/C18H15S.HI/c1-4-10-16(11-5-1)19(17-12-6-2-7-13-17)18-14-8-3-9-15-18;/h1-15H;1H/q+1;/p-1. The second-order valence-corrected chi connectivity index (χ2v) is 6.27. The highest BCUT2D eigenvalue weighted by atomic mass is 127. The van der Waals surface area contributed by atoms with Gasteiger partial charge in [0.05, 0.1) is 10.9 Å². The summed E-state index contributed by atoms with van der Waals surface area (Å²) in [5.41, 5.74) is 0. The third-order valence-electron chi connectivity index (χ3n) is 2.94. The first-order chi connectivity index (χ1) is 9.45. The fraction of sp³-hybridized carbons (Fsp3) is 0. The summed E-state index contributed by atoms with van der Waals surface area (Å²) < 4.78 is 0. The lowest BCUT2D eigenvalue weighted by Crippen LogP contribution is -3.00. The zero-order valence-corrected chi connectivity index (χ0v) is 13.9.